The number of carbonyl (C=O) groups excluding carboxylic acids is 2. The van der Waals surface area contributed by atoms with E-state index in [2.05, 4.69) is 10.6 Å². The first-order valence-corrected chi connectivity index (χ1v) is 5.85. The molecule has 0 saturated heterocycles. The molecule has 0 fully saturated rings. The van der Waals surface area contributed by atoms with Crippen LogP contribution in [0.1, 0.15) is 0 Å². The molecule has 0 radical (unpaired) electrons. The molecule has 7 heteroatoms. The maximum absolute atomic E-state index is 11.6. The zero-order valence-corrected chi connectivity index (χ0v) is 10.3. The molecule has 0 aliphatic carbocycles. The molecule has 0 saturated carbocycles. The van der Waals surface area contributed by atoms with Crippen LogP contribution in [0.5, 0.6) is 11.5 Å². The van der Waals surface area contributed by atoms with Crippen LogP contribution in [0.3, 0.4) is 0 Å². The molecule has 0 spiro atoms. The Labute approximate surface area is 110 Å². The van der Waals surface area contributed by atoms with E-state index in [0.29, 0.717) is 30.4 Å². The summed E-state index contributed by atoms with van der Waals surface area (Å²) in [5.41, 5.74) is 5.69. The largest absolute Gasteiger partial charge is 0.486 e. The smallest absolute Gasteiger partial charge is 0.243 e. The quantitative estimate of drug-likeness (QED) is 0.679. The van der Waals surface area contributed by atoms with Gasteiger partial charge in [-0.2, -0.15) is 0 Å². The Balaban J connectivity index is 1.92. The lowest BCUT2D eigenvalue weighted by molar-refractivity contribution is -0.123. The molecule has 102 valence electrons. The van der Waals surface area contributed by atoms with E-state index in [-0.39, 0.29) is 24.9 Å². The number of hydrogen-bond donors (Lipinski definition) is 3. The summed E-state index contributed by atoms with van der Waals surface area (Å²) in [7, 11) is 0. The maximum atomic E-state index is 11.6. The van der Waals surface area contributed by atoms with E-state index < -0.39 is 0 Å². The second kappa shape index (κ2) is 6.05. The number of hydrogen-bond acceptors (Lipinski definition) is 5. The molecule has 0 unspecified atom stereocenters. The molecule has 0 bridgehead atoms. The molecule has 1 aliphatic heterocycles. The van der Waals surface area contributed by atoms with E-state index in [9.17, 15) is 9.59 Å². The van der Waals surface area contributed by atoms with Crippen LogP contribution < -0.4 is 25.8 Å². The van der Waals surface area contributed by atoms with Gasteiger partial charge in [-0.25, -0.2) is 0 Å². The van der Waals surface area contributed by atoms with Crippen molar-refractivity contribution < 1.29 is 19.1 Å². The summed E-state index contributed by atoms with van der Waals surface area (Å²) in [6, 6.07) is 5.11. The van der Waals surface area contributed by atoms with Crippen LogP contribution >= 0.6 is 0 Å². The fourth-order valence-electron chi connectivity index (χ4n) is 1.58. The van der Waals surface area contributed by atoms with Crippen LogP contribution in [0.15, 0.2) is 18.2 Å². The van der Waals surface area contributed by atoms with Gasteiger partial charge in [-0.05, 0) is 12.1 Å². The highest BCUT2D eigenvalue weighted by molar-refractivity contribution is 5.95. The summed E-state index contributed by atoms with van der Waals surface area (Å²) in [6.45, 7) is 0.739. The zero-order valence-electron chi connectivity index (χ0n) is 10.3. The summed E-state index contributed by atoms with van der Waals surface area (Å²) in [5.74, 6) is 0.534. The third kappa shape index (κ3) is 3.59. The Morgan fingerprint density at radius 1 is 1.16 bits per heavy atom. The summed E-state index contributed by atoms with van der Waals surface area (Å²) in [5, 5.41) is 5.02. The van der Waals surface area contributed by atoms with Crippen molar-refractivity contribution in [3.8, 4) is 11.5 Å². The Kier molecular flexibility index (Phi) is 4.19. The van der Waals surface area contributed by atoms with Crippen molar-refractivity contribution in [2.75, 3.05) is 31.6 Å². The number of rotatable bonds is 4. The zero-order chi connectivity index (χ0) is 13.7. The second-order valence-corrected chi connectivity index (χ2v) is 3.89. The van der Waals surface area contributed by atoms with Crippen molar-refractivity contribution in [1.29, 1.82) is 0 Å². The van der Waals surface area contributed by atoms with Crippen LogP contribution in [0, 0.1) is 0 Å². The van der Waals surface area contributed by atoms with Gasteiger partial charge in [0.25, 0.3) is 0 Å². The number of fused-ring (bicyclic) bond motifs is 1. The number of nitrogens with two attached hydrogens (primary N) is 1. The van der Waals surface area contributed by atoms with Gasteiger partial charge in [0.1, 0.15) is 13.2 Å². The van der Waals surface area contributed by atoms with E-state index in [1.807, 2.05) is 0 Å². The predicted molar refractivity (Wildman–Crippen MR) is 68.1 cm³/mol. The number of anilines is 1. The minimum Gasteiger partial charge on any atom is -0.486 e. The van der Waals surface area contributed by atoms with E-state index in [0.717, 1.165) is 0 Å². The number of nitrogens with one attached hydrogen (secondary N) is 2. The van der Waals surface area contributed by atoms with Crippen LogP contribution in [0.4, 0.5) is 5.69 Å². The Bertz CT molecular complexity index is 490. The number of benzene rings is 1. The SMILES string of the molecule is NCC(=O)NCC(=O)Nc1ccc2c(c1)OCCO2. The van der Waals surface area contributed by atoms with Crippen LogP contribution in [0.2, 0.25) is 0 Å². The summed E-state index contributed by atoms with van der Waals surface area (Å²) >= 11 is 0. The average molecular weight is 265 g/mol. The van der Waals surface area contributed by atoms with Crippen molar-refractivity contribution in [1.82, 2.24) is 5.32 Å². The van der Waals surface area contributed by atoms with Crippen molar-refractivity contribution in [2.45, 2.75) is 0 Å². The topological polar surface area (TPSA) is 103 Å². The van der Waals surface area contributed by atoms with Crippen molar-refractivity contribution in [3.63, 3.8) is 0 Å². The van der Waals surface area contributed by atoms with Gasteiger partial charge >= 0.3 is 0 Å². The van der Waals surface area contributed by atoms with Crippen LogP contribution in [0.25, 0.3) is 0 Å². The molecule has 2 amide bonds. The van der Waals surface area contributed by atoms with E-state index in [1.165, 1.54) is 0 Å². The van der Waals surface area contributed by atoms with Gasteiger partial charge in [-0.1, -0.05) is 0 Å². The molecule has 19 heavy (non-hydrogen) atoms. The van der Waals surface area contributed by atoms with E-state index in [1.54, 1.807) is 18.2 Å². The van der Waals surface area contributed by atoms with Crippen molar-refractivity contribution in [2.24, 2.45) is 5.73 Å². The van der Waals surface area contributed by atoms with Gasteiger partial charge in [-0.3, -0.25) is 9.59 Å². The van der Waals surface area contributed by atoms with Gasteiger partial charge in [0.2, 0.25) is 11.8 Å². The first-order valence-electron chi connectivity index (χ1n) is 5.85. The Hall–Kier alpha value is -2.28. The third-order valence-electron chi connectivity index (χ3n) is 2.46. The van der Waals surface area contributed by atoms with Gasteiger partial charge in [0, 0.05) is 11.8 Å². The number of carbonyl (C=O) groups is 2. The maximum Gasteiger partial charge on any atom is 0.243 e. The van der Waals surface area contributed by atoms with Crippen LogP contribution in [-0.2, 0) is 9.59 Å². The summed E-state index contributed by atoms with van der Waals surface area (Å²) in [6.07, 6.45) is 0. The standard InChI is InChI=1S/C12H15N3O4/c13-6-11(16)14-7-12(17)15-8-1-2-9-10(5-8)19-4-3-18-9/h1-2,5H,3-4,6-7,13H2,(H,14,16)(H,15,17). The highest BCUT2D eigenvalue weighted by Crippen LogP contribution is 2.32. The first-order chi connectivity index (χ1) is 9.19. The molecule has 2 rings (SSSR count). The van der Waals surface area contributed by atoms with Crippen LogP contribution in [-0.4, -0.2) is 38.1 Å². The van der Waals surface area contributed by atoms with Gasteiger partial charge in [0.15, 0.2) is 11.5 Å². The summed E-state index contributed by atoms with van der Waals surface area (Å²) < 4.78 is 10.8. The minimum absolute atomic E-state index is 0.121. The minimum atomic E-state index is -0.377. The number of amides is 2. The second-order valence-electron chi connectivity index (χ2n) is 3.89. The molecule has 1 aromatic carbocycles. The highest BCUT2D eigenvalue weighted by Gasteiger charge is 2.12. The van der Waals surface area contributed by atoms with Gasteiger partial charge in [-0.15, -0.1) is 0 Å². The third-order valence-corrected chi connectivity index (χ3v) is 2.46. The lowest BCUT2D eigenvalue weighted by Crippen LogP contribution is -2.36. The number of ether oxygens (including phenoxy) is 2. The van der Waals surface area contributed by atoms with Gasteiger partial charge in [0.05, 0.1) is 13.1 Å². The Morgan fingerprint density at radius 3 is 2.63 bits per heavy atom. The lowest BCUT2D eigenvalue weighted by Gasteiger charge is -2.19. The molecule has 1 heterocycles. The van der Waals surface area contributed by atoms with Crippen molar-refractivity contribution in [3.05, 3.63) is 18.2 Å². The lowest BCUT2D eigenvalue weighted by atomic mass is 10.2. The molecule has 1 aromatic rings. The fourth-order valence-corrected chi connectivity index (χ4v) is 1.58. The normalized spacial score (nSPS) is 12.7. The Morgan fingerprint density at radius 2 is 1.89 bits per heavy atom. The molecule has 4 N–H and O–H groups in total. The highest BCUT2D eigenvalue weighted by atomic mass is 16.6. The molecular weight excluding hydrogens is 250 g/mol. The van der Waals surface area contributed by atoms with E-state index >= 15 is 0 Å². The monoisotopic (exact) mass is 265 g/mol. The molecular formula is C12H15N3O4. The molecule has 0 atom stereocenters. The fraction of sp³-hybridized carbons (Fsp3) is 0.333. The van der Waals surface area contributed by atoms with E-state index in [4.69, 9.17) is 15.2 Å². The van der Waals surface area contributed by atoms with Gasteiger partial charge < -0.3 is 25.8 Å². The summed E-state index contributed by atoms with van der Waals surface area (Å²) in [4.78, 5) is 22.5. The average Bonchev–Trinajstić information content (AvgIpc) is 2.44. The van der Waals surface area contributed by atoms with Crippen molar-refractivity contribution >= 4 is 17.5 Å². The predicted octanol–water partition coefficient (Wildman–Crippen LogP) is -0.529. The molecule has 1 aliphatic rings. The molecule has 7 nitrogen and oxygen atoms in total. The molecule has 0 aromatic heterocycles. The first kappa shape index (κ1) is 13.2.